The lowest BCUT2D eigenvalue weighted by Gasteiger charge is -2.23. The van der Waals surface area contributed by atoms with Gasteiger partial charge in [0.15, 0.2) is 0 Å². The number of hydrogen-bond donors (Lipinski definition) is 1. The Labute approximate surface area is 186 Å². The van der Waals surface area contributed by atoms with Crippen LogP contribution in [0, 0.1) is 17.2 Å². The van der Waals surface area contributed by atoms with E-state index in [2.05, 4.69) is 11.4 Å². The molecule has 0 unspecified atom stereocenters. The molecular formula is C24H27N3O3S. The number of alkyl carbamates (subject to hydrolysis) is 1. The average molecular weight is 438 g/mol. The van der Waals surface area contributed by atoms with E-state index >= 15 is 0 Å². The molecule has 2 aromatic heterocycles. The standard InChI is InChI=1S/C24H27N3O3S/c1-15(2)14-27-19(13-26-23(29)30-24(3,4)5)21(20-7-6-10-31-20)18-11-16(12-25)8-9-17(18)22(27)28/h6-11,15H,13-14H2,1-5H3,(H,26,29). The Morgan fingerprint density at radius 3 is 2.58 bits per heavy atom. The van der Waals surface area contributed by atoms with E-state index in [1.165, 1.54) is 0 Å². The molecule has 0 fully saturated rings. The molecular weight excluding hydrogens is 410 g/mol. The van der Waals surface area contributed by atoms with Crippen molar-refractivity contribution in [1.29, 1.82) is 5.26 Å². The summed E-state index contributed by atoms with van der Waals surface area (Å²) >= 11 is 1.55. The lowest BCUT2D eigenvalue weighted by atomic mass is 9.99. The van der Waals surface area contributed by atoms with Crippen molar-refractivity contribution < 1.29 is 9.53 Å². The molecule has 0 aliphatic carbocycles. The van der Waals surface area contributed by atoms with Crippen molar-refractivity contribution >= 4 is 28.2 Å². The van der Waals surface area contributed by atoms with Crippen LogP contribution in [0.3, 0.4) is 0 Å². The third kappa shape index (κ3) is 5.15. The van der Waals surface area contributed by atoms with Crippen LogP contribution in [0.15, 0.2) is 40.5 Å². The van der Waals surface area contributed by atoms with E-state index in [-0.39, 0.29) is 18.0 Å². The molecule has 3 aromatic rings. The van der Waals surface area contributed by atoms with Gasteiger partial charge in [0.1, 0.15) is 5.60 Å². The summed E-state index contributed by atoms with van der Waals surface area (Å²) in [7, 11) is 0. The normalized spacial score (nSPS) is 11.5. The lowest BCUT2D eigenvalue weighted by molar-refractivity contribution is 0.0522. The SMILES string of the molecule is CC(C)Cn1c(CNC(=O)OC(C)(C)C)c(-c2cccs2)c2cc(C#N)ccc2c1=O. The first kappa shape index (κ1) is 22.6. The number of nitriles is 1. The number of rotatable bonds is 5. The number of hydrogen-bond acceptors (Lipinski definition) is 5. The Balaban J connectivity index is 2.25. The molecule has 162 valence electrons. The second kappa shape index (κ2) is 8.94. The summed E-state index contributed by atoms with van der Waals surface area (Å²) in [5, 5.41) is 15.5. The van der Waals surface area contributed by atoms with Gasteiger partial charge in [-0.05, 0) is 61.7 Å². The van der Waals surface area contributed by atoms with Crippen LogP contribution < -0.4 is 10.9 Å². The molecule has 1 amide bonds. The molecule has 7 heteroatoms. The number of ether oxygens (including phenoxy) is 1. The van der Waals surface area contributed by atoms with E-state index in [0.29, 0.717) is 28.6 Å². The van der Waals surface area contributed by atoms with Crippen LogP contribution in [0.1, 0.15) is 45.9 Å². The highest BCUT2D eigenvalue weighted by Gasteiger charge is 2.22. The zero-order chi connectivity index (χ0) is 22.8. The molecule has 1 N–H and O–H groups in total. The Kier molecular flexibility index (Phi) is 6.51. The maximum atomic E-state index is 13.4. The number of fused-ring (bicyclic) bond motifs is 1. The molecule has 3 rings (SSSR count). The number of nitrogens with one attached hydrogen (secondary N) is 1. The lowest BCUT2D eigenvalue weighted by Crippen LogP contribution is -2.35. The Hall–Kier alpha value is -3.11. The van der Waals surface area contributed by atoms with Crippen molar-refractivity contribution in [2.45, 2.75) is 53.3 Å². The summed E-state index contributed by atoms with van der Waals surface area (Å²) in [6.45, 7) is 10.2. The van der Waals surface area contributed by atoms with Crippen molar-refractivity contribution in [3.05, 3.63) is 57.3 Å². The Morgan fingerprint density at radius 2 is 2.00 bits per heavy atom. The number of pyridine rings is 1. The van der Waals surface area contributed by atoms with Crippen molar-refractivity contribution in [1.82, 2.24) is 9.88 Å². The topological polar surface area (TPSA) is 84.1 Å². The third-order valence-corrected chi connectivity index (χ3v) is 5.51. The average Bonchev–Trinajstić information content (AvgIpc) is 3.21. The van der Waals surface area contributed by atoms with E-state index < -0.39 is 11.7 Å². The van der Waals surface area contributed by atoms with Crippen molar-refractivity contribution in [2.24, 2.45) is 5.92 Å². The van der Waals surface area contributed by atoms with Crippen LogP contribution in [0.5, 0.6) is 0 Å². The number of carbonyl (C=O) groups excluding carboxylic acids is 1. The minimum absolute atomic E-state index is 0.130. The van der Waals surface area contributed by atoms with Gasteiger partial charge in [-0.15, -0.1) is 11.3 Å². The van der Waals surface area contributed by atoms with Crippen LogP contribution in [0.4, 0.5) is 4.79 Å². The van der Waals surface area contributed by atoms with E-state index in [1.54, 1.807) is 54.9 Å². The zero-order valence-corrected chi connectivity index (χ0v) is 19.3. The van der Waals surface area contributed by atoms with Gasteiger partial charge in [-0.3, -0.25) is 4.79 Å². The molecule has 6 nitrogen and oxygen atoms in total. The van der Waals surface area contributed by atoms with Gasteiger partial charge in [-0.2, -0.15) is 5.26 Å². The second-order valence-corrected chi connectivity index (χ2v) is 9.78. The Bertz CT molecular complexity index is 1200. The molecule has 0 atom stereocenters. The van der Waals surface area contributed by atoms with Crippen LogP contribution in [0.2, 0.25) is 0 Å². The van der Waals surface area contributed by atoms with E-state index in [9.17, 15) is 14.9 Å². The van der Waals surface area contributed by atoms with Gasteiger partial charge >= 0.3 is 6.09 Å². The summed E-state index contributed by atoms with van der Waals surface area (Å²) in [6.07, 6.45) is -0.543. The minimum atomic E-state index is -0.622. The largest absolute Gasteiger partial charge is 0.444 e. The van der Waals surface area contributed by atoms with Crippen molar-refractivity contribution in [3.8, 4) is 16.5 Å². The van der Waals surface area contributed by atoms with Crippen LogP contribution in [-0.2, 0) is 17.8 Å². The summed E-state index contributed by atoms with van der Waals surface area (Å²) in [5.41, 5.74) is 1.29. The zero-order valence-electron chi connectivity index (χ0n) is 18.5. The van der Waals surface area contributed by atoms with Gasteiger partial charge in [-0.1, -0.05) is 19.9 Å². The first-order chi connectivity index (χ1) is 14.6. The highest BCUT2D eigenvalue weighted by Crippen LogP contribution is 2.34. The fraction of sp³-hybridized carbons (Fsp3) is 0.375. The van der Waals surface area contributed by atoms with Crippen LogP contribution >= 0.6 is 11.3 Å². The molecule has 0 aliphatic rings. The minimum Gasteiger partial charge on any atom is -0.444 e. The number of amides is 1. The number of nitrogens with zero attached hydrogens (tertiary/aromatic N) is 2. The van der Waals surface area contributed by atoms with Crippen LogP contribution in [0.25, 0.3) is 21.2 Å². The van der Waals surface area contributed by atoms with Crippen molar-refractivity contribution in [3.63, 3.8) is 0 Å². The molecule has 0 saturated heterocycles. The van der Waals surface area contributed by atoms with Crippen molar-refractivity contribution in [2.75, 3.05) is 0 Å². The maximum Gasteiger partial charge on any atom is 0.407 e. The van der Waals surface area contributed by atoms with Gasteiger partial charge in [0.2, 0.25) is 0 Å². The second-order valence-electron chi connectivity index (χ2n) is 8.84. The summed E-state index contributed by atoms with van der Waals surface area (Å²) in [6, 6.07) is 11.2. The van der Waals surface area contributed by atoms with E-state index in [0.717, 1.165) is 10.4 Å². The summed E-state index contributed by atoms with van der Waals surface area (Å²) in [4.78, 5) is 26.7. The monoisotopic (exact) mass is 437 g/mol. The maximum absolute atomic E-state index is 13.4. The fourth-order valence-electron chi connectivity index (χ4n) is 3.47. The Morgan fingerprint density at radius 1 is 1.26 bits per heavy atom. The van der Waals surface area contributed by atoms with Gasteiger partial charge in [0.05, 0.1) is 18.2 Å². The highest BCUT2D eigenvalue weighted by molar-refractivity contribution is 7.13. The quantitative estimate of drug-likeness (QED) is 0.588. The van der Waals surface area contributed by atoms with Gasteiger partial charge < -0.3 is 14.6 Å². The van der Waals surface area contributed by atoms with E-state index in [4.69, 9.17) is 4.74 Å². The number of carbonyl (C=O) groups is 1. The molecule has 0 radical (unpaired) electrons. The summed E-state index contributed by atoms with van der Waals surface area (Å²) in [5.74, 6) is 0.227. The molecule has 0 spiro atoms. The fourth-order valence-corrected chi connectivity index (χ4v) is 4.28. The molecule has 0 saturated carbocycles. The predicted molar refractivity (Wildman–Crippen MR) is 124 cm³/mol. The number of aromatic nitrogens is 1. The van der Waals surface area contributed by atoms with E-state index in [1.807, 2.05) is 31.4 Å². The smallest absolute Gasteiger partial charge is 0.407 e. The third-order valence-electron chi connectivity index (χ3n) is 4.62. The predicted octanol–water partition coefficient (Wildman–Crippen LogP) is 5.28. The molecule has 31 heavy (non-hydrogen) atoms. The van der Waals surface area contributed by atoms with Crippen LogP contribution in [-0.4, -0.2) is 16.3 Å². The highest BCUT2D eigenvalue weighted by atomic mass is 32.1. The first-order valence-electron chi connectivity index (χ1n) is 10.2. The summed E-state index contributed by atoms with van der Waals surface area (Å²) < 4.78 is 7.13. The van der Waals surface area contributed by atoms with Gasteiger partial charge in [0, 0.05) is 28.1 Å². The van der Waals surface area contributed by atoms with Gasteiger partial charge in [0.25, 0.3) is 5.56 Å². The molecule has 2 heterocycles. The molecule has 0 bridgehead atoms. The number of thiophene rings is 1. The molecule has 0 aliphatic heterocycles. The number of benzene rings is 1. The first-order valence-corrected chi connectivity index (χ1v) is 11.1. The molecule has 1 aromatic carbocycles. The van der Waals surface area contributed by atoms with Gasteiger partial charge in [-0.25, -0.2) is 4.79 Å².